The minimum atomic E-state index is -4.61. The zero-order chi connectivity index (χ0) is 20.4. The van der Waals surface area contributed by atoms with Crippen LogP contribution in [0.3, 0.4) is 0 Å². The number of alkyl halides is 3. The maximum absolute atomic E-state index is 13.9. The van der Waals surface area contributed by atoms with Crippen molar-refractivity contribution >= 4 is 11.7 Å². The number of hydrogen-bond acceptors (Lipinski definition) is 1. The highest BCUT2D eigenvalue weighted by atomic mass is 19.4. The van der Waals surface area contributed by atoms with E-state index in [0.717, 1.165) is 23.3 Å². The van der Waals surface area contributed by atoms with E-state index in [2.05, 4.69) is 10.6 Å². The lowest BCUT2D eigenvalue weighted by Crippen LogP contribution is -2.30. The highest BCUT2D eigenvalue weighted by Crippen LogP contribution is 2.32. The molecular formula is C20H22F4N2O. The van der Waals surface area contributed by atoms with Crippen molar-refractivity contribution < 1.29 is 22.4 Å². The highest BCUT2D eigenvalue weighted by Gasteiger charge is 2.31. The monoisotopic (exact) mass is 382 g/mol. The molecule has 27 heavy (non-hydrogen) atoms. The van der Waals surface area contributed by atoms with Gasteiger partial charge in [0.1, 0.15) is 5.82 Å². The Bertz CT molecular complexity index is 839. The number of aryl methyl sites for hydroxylation is 1. The van der Waals surface area contributed by atoms with E-state index in [-0.39, 0.29) is 17.5 Å². The molecule has 0 aliphatic heterocycles. The van der Waals surface area contributed by atoms with Crippen LogP contribution in [-0.4, -0.2) is 6.03 Å². The Kier molecular flexibility index (Phi) is 5.82. The topological polar surface area (TPSA) is 41.1 Å². The van der Waals surface area contributed by atoms with E-state index >= 15 is 0 Å². The first-order valence-electron chi connectivity index (χ1n) is 8.40. The van der Waals surface area contributed by atoms with Gasteiger partial charge in [0.25, 0.3) is 0 Å². The molecule has 0 atom stereocenters. The summed E-state index contributed by atoms with van der Waals surface area (Å²) < 4.78 is 51.6. The van der Waals surface area contributed by atoms with Crippen molar-refractivity contribution in [2.45, 2.75) is 45.8 Å². The van der Waals surface area contributed by atoms with E-state index in [1.807, 2.05) is 45.9 Å². The lowest BCUT2D eigenvalue weighted by Gasteiger charge is -2.24. The van der Waals surface area contributed by atoms with Crippen LogP contribution in [0.1, 0.15) is 43.0 Å². The number of rotatable bonds is 3. The summed E-state index contributed by atoms with van der Waals surface area (Å²) in [5.41, 5.74) is 1.18. The minimum Gasteiger partial charge on any atom is -0.334 e. The molecule has 0 fully saturated rings. The molecule has 7 heteroatoms. The maximum atomic E-state index is 13.9. The molecule has 146 valence electrons. The van der Waals surface area contributed by atoms with Gasteiger partial charge in [-0.25, -0.2) is 9.18 Å². The number of benzene rings is 2. The summed E-state index contributed by atoms with van der Waals surface area (Å²) in [6, 6.07) is 7.35. The minimum absolute atomic E-state index is 0.0287. The number of halogens is 4. The van der Waals surface area contributed by atoms with Gasteiger partial charge in [0.2, 0.25) is 0 Å². The van der Waals surface area contributed by atoms with Crippen LogP contribution >= 0.6 is 0 Å². The van der Waals surface area contributed by atoms with Gasteiger partial charge < -0.3 is 10.6 Å². The lowest BCUT2D eigenvalue weighted by atomic mass is 9.84. The molecule has 0 heterocycles. The van der Waals surface area contributed by atoms with Gasteiger partial charge in [0.15, 0.2) is 0 Å². The third-order valence-corrected chi connectivity index (χ3v) is 4.14. The predicted molar refractivity (Wildman–Crippen MR) is 97.1 cm³/mol. The maximum Gasteiger partial charge on any atom is 0.416 e. The zero-order valence-corrected chi connectivity index (χ0v) is 15.6. The molecule has 0 aliphatic carbocycles. The average Bonchev–Trinajstić information content (AvgIpc) is 2.53. The first-order chi connectivity index (χ1) is 12.4. The molecule has 0 unspecified atom stereocenters. The molecule has 2 N–H and O–H groups in total. The second-order valence-corrected chi connectivity index (χ2v) is 7.36. The van der Waals surface area contributed by atoms with Crippen LogP contribution in [0, 0.1) is 12.7 Å². The number of urea groups is 1. The van der Waals surface area contributed by atoms with Crippen LogP contribution in [-0.2, 0) is 18.1 Å². The Balaban J connectivity index is 2.10. The fourth-order valence-corrected chi connectivity index (χ4v) is 2.66. The molecule has 0 spiro atoms. The molecule has 0 aliphatic rings. The van der Waals surface area contributed by atoms with Crippen molar-refractivity contribution in [1.29, 1.82) is 0 Å². The number of carbonyl (C=O) groups excluding carboxylic acids is 1. The smallest absolute Gasteiger partial charge is 0.334 e. The summed E-state index contributed by atoms with van der Waals surface area (Å²) in [7, 11) is 0. The molecule has 0 aromatic heterocycles. The van der Waals surface area contributed by atoms with Gasteiger partial charge in [-0.3, -0.25) is 0 Å². The summed E-state index contributed by atoms with van der Waals surface area (Å²) in [6.45, 7) is 7.68. The number of nitrogens with one attached hydrogen (secondary N) is 2. The lowest BCUT2D eigenvalue weighted by molar-refractivity contribution is -0.137. The van der Waals surface area contributed by atoms with Gasteiger partial charge >= 0.3 is 12.2 Å². The Morgan fingerprint density at radius 2 is 1.74 bits per heavy atom. The summed E-state index contributed by atoms with van der Waals surface area (Å²) in [6.07, 6.45) is -4.61. The van der Waals surface area contributed by atoms with Crippen molar-refractivity contribution in [3.8, 4) is 0 Å². The fourth-order valence-electron chi connectivity index (χ4n) is 2.66. The summed E-state index contributed by atoms with van der Waals surface area (Å²) in [5, 5.41) is 5.24. The van der Waals surface area contributed by atoms with Gasteiger partial charge in [-0.15, -0.1) is 0 Å². The summed E-state index contributed by atoms with van der Waals surface area (Å²) in [4.78, 5) is 12.2. The molecule has 2 aromatic carbocycles. The number of carbonyl (C=O) groups is 1. The normalized spacial score (nSPS) is 12.0. The number of amides is 2. The quantitative estimate of drug-likeness (QED) is 0.650. The second kappa shape index (κ2) is 7.58. The summed E-state index contributed by atoms with van der Waals surface area (Å²) >= 11 is 0. The molecule has 0 saturated carbocycles. The fraction of sp³-hybridized carbons (Fsp3) is 0.350. The number of para-hydroxylation sites is 1. The van der Waals surface area contributed by atoms with Gasteiger partial charge in [-0.05, 0) is 35.6 Å². The van der Waals surface area contributed by atoms with Crippen LogP contribution in [0.4, 0.5) is 28.0 Å². The van der Waals surface area contributed by atoms with Crippen molar-refractivity contribution in [3.63, 3.8) is 0 Å². The van der Waals surface area contributed by atoms with E-state index in [4.69, 9.17) is 0 Å². The van der Waals surface area contributed by atoms with Crippen LogP contribution < -0.4 is 10.6 Å². The van der Waals surface area contributed by atoms with Gasteiger partial charge in [0.05, 0.1) is 5.56 Å². The zero-order valence-electron chi connectivity index (χ0n) is 15.6. The molecular weight excluding hydrogens is 360 g/mol. The third-order valence-electron chi connectivity index (χ3n) is 4.14. The van der Waals surface area contributed by atoms with Crippen molar-refractivity contribution in [2.75, 3.05) is 5.32 Å². The van der Waals surface area contributed by atoms with Crippen LogP contribution in [0.5, 0.6) is 0 Å². The number of anilines is 1. The largest absolute Gasteiger partial charge is 0.416 e. The molecule has 0 saturated heterocycles. The molecule has 3 nitrogen and oxygen atoms in total. The summed E-state index contributed by atoms with van der Waals surface area (Å²) in [5.74, 6) is -1.02. The molecule has 0 bridgehead atoms. The van der Waals surface area contributed by atoms with Gasteiger partial charge in [-0.1, -0.05) is 45.0 Å². The standard InChI is InChI=1S/C20H22F4N2O/c1-12-6-5-7-15(19(2,3)4)17(12)26-18(27)25-11-13-8-9-14(10-16(13)21)20(22,23)24/h5-10H,11H2,1-4H3,(H2,25,26,27). The number of hydrogen-bond donors (Lipinski definition) is 2. The van der Waals surface area contributed by atoms with Crippen molar-refractivity contribution in [3.05, 3.63) is 64.5 Å². The van der Waals surface area contributed by atoms with E-state index in [0.29, 0.717) is 11.8 Å². The molecule has 2 aromatic rings. The second-order valence-electron chi connectivity index (χ2n) is 7.36. The molecule has 0 radical (unpaired) electrons. The van der Waals surface area contributed by atoms with Crippen molar-refractivity contribution in [2.24, 2.45) is 0 Å². The Labute approximate surface area is 155 Å². The first-order valence-corrected chi connectivity index (χ1v) is 8.40. The van der Waals surface area contributed by atoms with Crippen molar-refractivity contribution in [1.82, 2.24) is 5.32 Å². The molecule has 2 rings (SSSR count). The van der Waals surface area contributed by atoms with E-state index in [1.165, 1.54) is 0 Å². The van der Waals surface area contributed by atoms with E-state index < -0.39 is 23.6 Å². The highest BCUT2D eigenvalue weighted by molar-refractivity contribution is 5.91. The first kappa shape index (κ1) is 20.7. The third kappa shape index (κ3) is 5.21. The average molecular weight is 382 g/mol. The SMILES string of the molecule is Cc1cccc(C(C)(C)C)c1NC(=O)NCc1ccc(C(F)(F)F)cc1F. The van der Waals surface area contributed by atoms with E-state index in [9.17, 15) is 22.4 Å². The van der Waals surface area contributed by atoms with Gasteiger partial charge in [0, 0.05) is 17.8 Å². The Morgan fingerprint density at radius 1 is 1.07 bits per heavy atom. The van der Waals surface area contributed by atoms with Crippen LogP contribution in [0.2, 0.25) is 0 Å². The van der Waals surface area contributed by atoms with Crippen LogP contribution in [0.15, 0.2) is 36.4 Å². The van der Waals surface area contributed by atoms with Gasteiger partial charge in [-0.2, -0.15) is 13.2 Å². The van der Waals surface area contributed by atoms with E-state index in [1.54, 1.807) is 0 Å². The predicted octanol–water partition coefficient (Wildman–Crippen LogP) is 5.77. The van der Waals surface area contributed by atoms with Crippen LogP contribution in [0.25, 0.3) is 0 Å². The molecule has 2 amide bonds. The Morgan fingerprint density at radius 3 is 2.30 bits per heavy atom. The Hall–Kier alpha value is -2.57.